The monoisotopic (exact) mass is 182 g/mol. The lowest BCUT2D eigenvalue weighted by molar-refractivity contribution is 0.433. The maximum atomic E-state index is 8.36. The molecule has 0 aromatic heterocycles. The molecule has 0 heterocycles. The van der Waals surface area contributed by atoms with Crippen LogP contribution in [0.1, 0.15) is 46.5 Å². The summed E-state index contributed by atoms with van der Waals surface area (Å²) in [5.41, 5.74) is 0. The third-order valence-electron chi connectivity index (χ3n) is 2.44. The number of unbranched alkanes of at least 4 members (excludes halogenated alkanes) is 1. The minimum Gasteiger partial charge on any atom is -0.314 e. The minimum absolute atomic E-state index is 0.558. The van der Waals surface area contributed by atoms with Crippen LogP contribution in [0, 0.1) is 17.2 Å². The molecular formula is C11H22N2. The standard InChI is InChI=1S/C11H22N2/c1-4-10(2)9-13-11(3)7-5-6-8-12/h10-11,13H,4-7,9H2,1-3H3/t10-,11?/m0/s1. The quantitative estimate of drug-likeness (QED) is 0.614. The summed E-state index contributed by atoms with van der Waals surface area (Å²) in [6, 6.07) is 2.73. The van der Waals surface area contributed by atoms with Crippen LogP contribution in [0.3, 0.4) is 0 Å². The molecule has 2 heteroatoms. The van der Waals surface area contributed by atoms with Crippen LogP contribution in [0.4, 0.5) is 0 Å². The zero-order valence-corrected chi connectivity index (χ0v) is 9.14. The van der Waals surface area contributed by atoms with E-state index in [2.05, 4.69) is 32.2 Å². The fourth-order valence-corrected chi connectivity index (χ4v) is 1.14. The molecule has 2 nitrogen and oxygen atoms in total. The van der Waals surface area contributed by atoms with Crippen molar-refractivity contribution in [3.05, 3.63) is 0 Å². The van der Waals surface area contributed by atoms with E-state index in [9.17, 15) is 0 Å². The number of nitrogens with zero attached hydrogens (tertiary/aromatic N) is 1. The van der Waals surface area contributed by atoms with Gasteiger partial charge >= 0.3 is 0 Å². The first-order valence-electron chi connectivity index (χ1n) is 5.31. The molecular weight excluding hydrogens is 160 g/mol. The van der Waals surface area contributed by atoms with Gasteiger partial charge in [0.05, 0.1) is 6.07 Å². The van der Waals surface area contributed by atoms with Crippen LogP contribution >= 0.6 is 0 Å². The van der Waals surface area contributed by atoms with Crippen LogP contribution in [-0.2, 0) is 0 Å². The first kappa shape index (κ1) is 12.4. The van der Waals surface area contributed by atoms with Gasteiger partial charge in [0.25, 0.3) is 0 Å². The first-order chi connectivity index (χ1) is 6.20. The van der Waals surface area contributed by atoms with E-state index in [1.54, 1.807) is 0 Å². The zero-order valence-electron chi connectivity index (χ0n) is 9.14. The molecule has 0 rings (SSSR count). The SMILES string of the molecule is CC[C@H](C)CNC(C)CCCC#N. The van der Waals surface area contributed by atoms with Crippen LogP contribution in [0.5, 0.6) is 0 Å². The lowest BCUT2D eigenvalue weighted by Crippen LogP contribution is -2.30. The van der Waals surface area contributed by atoms with Crippen molar-refractivity contribution in [2.45, 2.75) is 52.5 Å². The number of hydrogen-bond acceptors (Lipinski definition) is 2. The summed E-state index contributed by atoms with van der Waals surface area (Å²) < 4.78 is 0. The molecule has 0 fully saturated rings. The van der Waals surface area contributed by atoms with Gasteiger partial charge in [-0.2, -0.15) is 5.26 Å². The Morgan fingerprint density at radius 3 is 2.62 bits per heavy atom. The fourth-order valence-electron chi connectivity index (χ4n) is 1.14. The zero-order chi connectivity index (χ0) is 10.1. The van der Waals surface area contributed by atoms with E-state index in [0.717, 1.165) is 25.3 Å². The second-order valence-electron chi connectivity index (χ2n) is 3.87. The van der Waals surface area contributed by atoms with Crippen LogP contribution in [0.2, 0.25) is 0 Å². The third-order valence-corrected chi connectivity index (χ3v) is 2.44. The van der Waals surface area contributed by atoms with E-state index in [4.69, 9.17) is 5.26 Å². The summed E-state index contributed by atoms with van der Waals surface area (Å²) in [6.07, 6.45) is 4.06. The van der Waals surface area contributed by atoms with Gasteiger partial charge in [0.1, 0.15) is 0 Å². The molecule has 0 radical (unpaired) electrons. The molecule has 13 heavy (non-hydrogen) atoms. The molecule has 2 atom stereocenters. The predicted octanol–water partition coefficient (Wildman–Crippen LogP) is 2.70. The van der Waals surface area contributed by atoms with Crippen molar-refractivity contribution >= 4 is 0 Å². The number of nitriles is 1. The topological polar surface area (TPSA) is 35.8 Å². The van der Waals surface area contributed by atoms with Gasteiger partial charge in [-0.3, -0.25) is 0 Å². The Morgan fingerprint density at radius 2 is 2.08 bits per heavy atom. The van der Waals surface area contributed by atoms with Crippen LogP contribution in [0.15, 0.2) is 0 Å². The van der Waals surface area contributed by atoms with E-state index in [1.807, 2.05) is 0 Å². The fraction of sp³-hybridized carbons (Fsp3) is 0.909. The molecule has 1 N–H and O–H groups in total. The largest absolute Gasteiger partial charge is 0.314 e. The van der Waals surface area contributed by atoms with Crippen molar-refractivity contribution in [1.82, 2.24) is 5.32 Å². The second-order valence-corrected chi connectivity index (χ2v) is 3.87. The van der Waals surface area contributed by atoms with E-state index in [0.29, 0.717) is 12.5 Å². The predicted molar refractivity (Wildman–Crippen MR) is 56.4 cm³/mol. The Hall–Kier alpha value is -0.550. The highest BCUT2D eigenvalue weighted by Gasteiger charge is 2.03. The highest BCUT2D eigenvalue weighted by atomic mass is 14.9. The molecule has 0 spiro atoms. The Labute approximate surface area is 82.3 Å². The number of hydrogen-bond donors (Lipinski definition) is 1. The van der Waals surface area contributed by atoms with Gasteiger partial charge in [-0.25, -0.2) is 0 Å². The molecule has 0 saturated carbocycles. The summed E-state index contributed by atoms with van der Waals surface area (Å²) >= 11 is 0. The number of nitrogens with one attached hydrogen (secondary N) is 1. The lowest BCUT2D eigenvalue weighted by Gasteiger charge is -2.15. The maximum Gasteiger partial charge on any atom is 0.0621 e. The Bertz CT molecular complexity index is 149. The maximum absolute atomic E-state index is 8.36. The third kappa shape index (κ3) is 7.80. The molecule has 0 aromatic carbocycles. The van der Waals surface area contributed by atoms with Crippen molar-refractivity contribution in [1.29, 1.82) is 5.26 Å². The van der Waals surface area contributed by atoms with Crippen molar-refractivity contribution in [3.63, 3.8) is 0 Å². The second kappa shape index (κ2) is 8.07. The Morgan fingerprint density at radius 1 is 1.38 bits per heavy atom. The molecule has 0 saturated heterocycles. The summed E-state index contributed by atoms with van der Waals surface area (Å²) in [5.74, 6) is 0.762. The van der Waals surface area contributed by atoms with Gasteiger partial charge in [0.15, 0.2) is 0 Å². The smallest absolute Gasteiger partial charge is 0.0621 e. The van der Waals surface area contributed by atoms with Gasteiger partial charge in [-0.1, -0.05) is 20.3 Å². The highest BCUT2D eigenvalue weighted by Crippen LogP contribution is 2.02. The van der Waals surface area contributed by atoms with Gasteiger partial charge in [-0.05, 0) is 32.2 Å². The average Bonchev–Trinajstić information content (AvgIpc) is 2.14. The molecule has 0 aliphatic carbocycles. The summed E-state index contributed by atoms with van der Waals surface area (Å²) in [6.45, 7) is 7.77. The Balaban J connectivity index is 3.30. The van der Waals surface area contributed by atoms with E-state index >= 15 is 0 Å². The first-order valence-corrected chi connectivity index (χ1v) is 5.31. The van der Waals surface area contributed by atoms with Crippen molar-refractivity contribution in [2.24, 2.45) is 5.92 Å². The lowest BCUT2D eigenvalue weighted by atomic mass is 10.1. The van der Waals surface area contributed by atoms with Crippen molar-refractivity contribution in [2.75, 3.05) is 6.54 Å². The summed E-state index contributed by atoms with van der Waals surface area (Å²) in [7, 11) is 0. The minimum atomic E-state index is 0.558. The van der Waals surface area contributed by atoms with Gasteiger partial charge in [0.2, 0.25) is 0 Å². The van der Waals surface area contributed by atoms with Gasteiger partial charge in [0, 0.05) is 12.5 Å². The van der Waals surface area contributed by atoms with E-state index in [-0.39, 0.29) is 0 Å². The molecule has 76 valence electrons. The van der Waals surface area contributed by atoms with Gasteiger partial charge in [-0.15, -0.1) is 0 Å². The van der Waals surface area contributed by atoms with Crippen molar-refractivity contribution < 1.29 is 0 Å². The highest BCUT2D eigenvalue weighted by molar-refractivity contribution is 4.71. The Kier molecular flexibility index (Phi) is 7.73. The summed E-state index contributed by atoms with van der Waals surface area (Å²) in [4.78, 5) is 0. The molecule has 0 aliphatic rings. The van der Waals surface area contributed by atoms with Crippen LogP contribution < -0.4 is 5.32 Å². The molecule has 1 unspecified atom stereocenters. The summed E-state index contributed by atoms with van der Waals surface area (Å²) in [5, 5.41) is 11.8. The van der Waals surface area contributed by atoms with E-state index in [1.165, 1.54) is 6.42 Å². The molecule has 0 amide bonds. The molecule has 0 aromatic rings. The van der Waals surface area contributed by atoms with E-state index < -0.39 is 0 Å². The van der Waals surface area contributed by atoms with Crippen molar-refractivity contribution in [3.8, 4) is 6.07 Å². The van der Waals surface area contributed by atoms with Gasteiger partial charge < -0.3 is 5.32 Å². The molecule has 0 bridgehead atoms. The van der Waals surface area contributed by atoms with Crippen LogP contribution in [0.25, 0.3) is 0 Å². The average molecular weight is 182 g/mol. The number of rotatable bonds is 7. The van der Waals surface area contributed by atoms with Crippen LogP contribution in [-0.4, -0.2) is 12.6 Å². The normalized spacial score (nSPS) is 14.9. The molecule has 0 aliphatic heterocycles.